The monoisotopic (exact) mass is 451 g/mol. The standard InChI is InChI=1S/C22H33N3O3S2/c1-5-28-12-8-11-25-21(27)19-15(3)16(4)30-20(19)24-22(25)29-13-18(26)23-17-10-7-6-9-14(17)2/h14,17H,5-13H2,1-4H3,(H,23,26)/t14-,17-/m1/s1. The van der Waals surface area contributed by atoms with Crippen LogP contribution in [0.2, 0.25) is 0 Å². The Hall–Kier alpha value is -1.38. The van der Waals surface area contributed by atoms with Crippen LogP contribution in [0.3, 0.4) is 0 Å². The van der Waals surface area contributed by atoms with Gasteiger partial charge in [-0.2, -0.15) is 0 Å². The number of nitrogens with zero attached hydrogens (tertiary/aromatic N) is 2. The maximum absolute atomic E-state index is 13.2. The molecular formula is C22H33N3O3S2. The molecule has 0 radical (unpaired) electrons. The predicted molar refractivity (Wildman–Crippen MR) is 125 cm³/mol. The van der Waals surface area contributed by atoms with Crippen molar-refractivity contribution in [2.75, 3.05) is 19.0 Å². The summed E-state index contributed by atoms with van der Waals surface area (Å²) in [6, 6.07) is 0.262. The quantitative estimate of drug-likeness (QED) is 0.350. The van der Waals surface area contributed by atoms with Gasteiger partial charge in [-0.25, -0.2) is 4.98 Å². The maximum atomic E-state index is 13.2. The first-order chi connectivity index (χ1) is 14.4. The van der Waals surface area contributed by atoms with Crippen LogP contribution in [0.1, 0.15) is 56.4 Å². The molecule has 2 atom stereocenters. The number of hydrogen-bond acceptors (Lipinski definition) is 6. The zero-order valence-electron chi connectivity index (χ0n) is 18.5. The second kappa shape index (κ2) is 10.8. The van der Waals surface area contributed by atoms with E-state index in [4.69, 9.17) is 9.72 Å². The van der Waals surface area contributed by atoms with Crippen molar-refractivity contribution in [2.24, 2.45) is 5.92 Å². The number of aromatic nitrogens is 2. The Kier molecular flexibility index (Phi) is 8.36. The third-order valence-corrected chi connectivity index (χ3v) is 8.00. The highest BCUT2D eigenvalue weighted by molar-refractivity contribution is 7.99. The van der Waals surface area contributed by atoms with Crippen LogP contribution in [0, 0.1) is 19.8 Å². The van der Waals surface area contributed by atoms with Gasteiger partial charge in [0.15, 0.2) is 5.16 Å². The number of fused-ring (bicyclic) bond motifs is 1. The highest BCUT2D eigenvalue weighted by Gasteiger charge is 2.23. The maximum Gasteiger partial charge on any atom is 0.263 e. The molecule has 3 rings (SSSR count). The van der Waals surface area contributed by atoms with Crippen LogP contribution in [-0.4, -0.2) is 40.5 Å². The Morgan fingerprint density at radius 1 is 1.33 bits per heavy atom. The number of aryl methyl sites for hydroxylation is 2. The fraction of sp³-hybridized carbons (Fsp3) is 0.682. The minimum atomic E-state index is -0.0119. The van der Waals surface area contributed by atoms with Gasteiger partial charge in [0.1, 0.15) is 4.83 Å². The normalized spacial score (nSPS) is 19.3. The van der Waals surface area contributed by atoms with E-state index >= 15 is 0 Å². The fourth-order valence-electron chi connectivity index (χ4n) is 3.99. The van der Waals surface area contributed by atoms with Crippen LogP contribution >= 0.6 is 23.1 Å². The molecule has 1 aliphatic carbocycles. The number of thiophene rings is 1. The van der Waals surface area contributed by atoms with E-state index in [0.717, 1.165) is 28.1 Å². The number of nitrogens with one attached hydrogen (secondary N) is 1. The fourth-order valence-corrected chi connectivity index (χ4v) is 5.90. The predicted octanol–water partition coefficient (Wildman–Crippen LogP) is 4.29. The van der Waals surface area contributed by atoms with Crippen molar-refractivity contribution in [3.63, 3.8) is 0 Å². The number of ether oxygens (including phenoxy) is 1. The highest BCUT2D eigenvalue weighted by Crippen LogP contribution is 2.29. The molecule has 2 aromatic rings. The Balaban J connectivity index is 1.77. The first kappa shape index (κ1) is 23.3. The van der Waals surface area contributed by atoms with Crippen molar-refractivity contribution < 1.29 is 9.53 Å². The van der Waals surface area contributed by atoms with Crippen molar-refractivity contribution in [1.82, 2.24) is 14.9 Å². The van der Waals surface area contributed by atoms with E-state index in [2.05, 4.69) is 12.2 Å². The molecule has 166 valence electrons. The summed E-state index contributed by atoms with van der Waals surface area (Å²) in [6.07, 6.45) is 5.39. The Morgan fingerprint density at radius 3 is 2.83 bits per heavy atom. The number of thioether (sulfide) groups is 1. The number of carbonyl (C=O) groups excluding carboxylic acids is 1. The number of carbonyl (C=O) groups is 1. The smallest absolute Gasteiger partial charge is 0.263 e. The first-order valence-electron chi connectivity index (χ1n) is 10.9. The summed E-state index contributed by atoms with van der Waals surface area (Å²) < 4.78 is 7.16. The molecule has 1 N–H and O–H groups in total. The van der Waals surface area contributed by atoms with Gasteiger partial charge < -0.3 is 10.1 Å². The summed E-state index contributed by atoms with van der Waals surface area (Å²) >= 11 is 2.91. The highest BCUT2D eigenvalue weighted by atomic mass is 32.2. The molecule has 0 bridgehead atoms. The van der Waals surface area contributed by atoms with E-state index in [-0.39, 0.29) is 23.3 Å². The lowest BCUT2D eigenvalue weighted by atomic mass is 9.86. The van der Waals surface area contributed by atoms with E-state index in [9.17, 15) is 9.59 Å². The molecule has 0 spiro atoms. The second-order valence-electron chi connectivity index (χ2n) is 8.09. The molecule has 1 amide bonds. The Bertz CT molecular complexity index is 938. The molecule has 2 heterocycles. The van der Waals surface area contributed by atoms with Crippen LogP contribution in [0.5, 0.6) is 0 Å². The SMILES string of the molecule is CCOCCCn1c(SCC(=O)N[C@@H]2CCCC[C@H]2C)nc2sc(C)c(C)c2c1=O. The molecule has 1 aliphatic rings. The molecule has 30 heavy (non-hydrogen) atoms. The molecule has 1 saturated carbocycles. The van der Waals surface area contributed by atoms with Crippen LogP contribution < -0.4 is 10.9 Å². The van der Waals surface area contributed by atoms with Crippen LogP contribution in [-0.2, 0) is 16.1 Å². The van der Waals surface area contributed by atoms with E-state index in [1.807, 2.05) is 20.8 Å². The molecule has 1 fully saturated rings. The largest absolute Gasteiger partial charge is 0.382 e. The van der Waals surface area contributed by atoms with Crippen molar-refractivity contribution >= 4 is 39.2 Å². The summed E-state index contributed by atoms with van der Waals surface area (Å²) in [5.74, 6) is 0.819. The molecule has 8 heteroatoms. The van der Waals surface area contributed by atoms with Gasteiger partial charge in [0.25, 0.3) is 5.56 Å². The molecule has 6 nitrogen and oxygen atoms in total. The van der Waals surface area contributed by atoms with Gasteiger partial charge >= 0.3 is 0 Å². The average molecular weight is 452 g/mol. The van der Waals surface area contributed by atoms with Gasteiger partial charge in [0.05, 0.1) is 11.1 Å². The van der Waals surface area contributed by atoms with E-state index in [0.29, 0.717) is 36.2 Å². The summed E-state index contributed by atoms with van der Waals surface area (Å²) in [6.45, 7) is 9.98. The Labute approximate surface area is 186 Å². The number of hydrogen-bond donors (Lipinski definition) is 1. The molecule has 0 aliphatic heterocycles. The molecular weight excluding hydrogens is 418 g/mol. The van der Waals surface area contributed by atoms with Gasteiger partial charge in [0, 0.05) is 30.7 Å². The van der Waals surface area contributed by atoms with Crippen LogP contribution in [0.4, 0.5) is 0 Å². The lowest BCUT2D eigenvalue weighted by Gasteiger charge is -2.29. The molecule has 0 unspecified atom stereocenters. The summed E-state index contributed by atoms with van der Waals surface area (Å²) in [7, 11) is 0. The summed E-state index contributed by atoms with van der Waals surface area (Å²) in [5, 5.41) is 4.52. The molecule has 0 aromatic carbocycles. The van der Waals surface area contributed by atoms with Crippen LogP contribution in [0.15, 0.2) is 9.95 Å². The summed E-state index contributed by atoms with van der Waals surface area (Å²) in [4.78, 5) is 32.5. The lowest BCUT2D eigenvalue weighted by Crippen LogP contribution is -2.42. The lowest BCUT2D eigenvalue weighted by molar-refractivity contribution is -0.119. The van der Waals surface area contributed by atoms with E-state index < -0.39 is 0 Å². The first-order valence-corrected chi connectivity index (χ1v) is 12.7. The summed E-state index contributed by atoms with van der Waals surface area (Å²) in [5.41, 5.74) is 0.994. The van der Waals surface area contributed by atoms with Crippen molar-refractivity contribution in [3.05, 3.63) is 20.8 Å². The van der Waals surface area contributed by atoms with Crippen molar-refractivity contribution in [1.29, 1.82) is 0 Å². The Morgan fingerprint density at radius 2 is 2.10 bits per heavy atom. The molecule has 0 saturated heterocycles. The van der Waals surface area contributed by atoms with E-state index in [1.54, 1.807) is 15.9 Å². The van der Waals surface area contributed by atoms with Gasteiger partial charge in [-0.15, -0.1) is 11.3 Å². The third-order valence-electron chi connectivity index (χ3n) is 5.92. The minimum Gasteiger partial charge on any atom is -0.382 e. The van der Waals surface area contributed by atoms with Gasteiger partial charge in [-0.1, -0.05) is 31.5 Å². The third kappa shape index (κ3) is 5.45. The van der Waals surface area contributed by atoms with Gasteiger partial charge in [-0.3, -0.25) is 14.2 Å². The zero-order valence-corrected chi connectivity index (χ0v) is 20.1. The van der Waals surface area contributed by atoms with Crippen LogP contribution in [0.25, 0.3) is 10.2 Å². The molecule has 2 aromatic heterocycles. The van der Waals surface area contributed by atoms with E-state index in [1.165, 1.54) is 31.0 Å². The van der Waals surface area contributed by atoms with Gasteiger partial charge in [-0.05, 0) is 51.5 Å². The number of rotatable bonds is 9. The van der Waals surface area contributed by atoms with Gasteiger partial charge in [0.2, 0.25) is 5.91 Å². The zero-order chi connectivity index (χ0) is 21.7. The minimum absolute atomic E-state index is 0.0119. The number of amides is 1. The van der Waals surface area contributed by atoms with Crippen molar-refractivity contribution in [3.8, 4) is 0 Å². The topological polar surface area (TPSA) is 73.2 Å². The van der Waals surface area contributed by atoms with Crippen molar-refractivity contribution in [2.45, 2.75) is 77.5 Å². The average Bonchev–Trinajstić information content (AvgIpc) is 3.00. The second-order valence-corrected chi connectivity index (χ2v) is 10.2.